The molecule has 2 heterocycles. The Labute approximate surface area is 199 Å². The van der Waals surface area contributed by atoms with Gasteiger partial charge in [-0.15, -0.1) is 0 Å². The van der Waals surface area contributed by atoms with Gasteiger partial charge in [0.2, 0.25) is 0 Å². The van der Waals surface area contributed by atoms with Gasteiger partial charge in [-0.1, -0.05) is 35.9 Å². The lowest BCUT2D eigenvalue weighted by Crippen LogP contribution is -2.42. The molecule has 176 valence electrons. The summed E-state index contributed by atoms with van der Waals surface area (Å²) in [4.78, 5) is 1.98. The van der Waals surface area contributed by atoms with E-state index in [1.807, 2.05) is 66.4 Å². The fraction of sp³-hybridized carbons (Fsp3) is 0.360. The van der Waals surface area contributed by atoms with Crippen molar-refractivity contribution in [3.8, 4) is 17.1 Å². The highest BCUT2D eigenvalue weighted by atomic mass is 35.5. The first-order valence-corrected chi connectivity index (χ1v) is 13.1. The highest BCUT2D eigenvalue weighted by molar-refractivity contribution is 7.91. The highest BCUT2D eigenvalue weighted by Crippen LogP contribution is 2.27. The van der Waals surface area contributed by atoms with Crippen molar-refractivity contribution in [2.75, 3.05) is 24.7 Å². The smallest absolute Gasteiger partial charge is 0.151 e. The zero-order valence-electron chi connectivity index (χ0n) is 18.5. The number of ether oxygens (including phenoxy) is 1. The number of aliphatic hydroxyl groups is 1. The summed E-state index contributed by atoms with van der Waals surface area (Å²) < 4.78 is 36.0. The third kappa shape index (κ3) is 6.60. The summed E-state index contributed by atoms with van der Waals surface area (Å²) >= 11 is 6.09. The van der Waals surface area contributed by atoms with Gasteiger partial charge in [0.1, 0.15) is 30.0 Å². The second-order valence-electron chi connectivity index (χ2n) is 8.54. The minimum absolute atomic E-state index is 0.0836. The first kappa shape index (κ1) is 23.8. The van der Waals surface area contributed by atoms with Crippen LogP contribution >= 0.6 is 11.6 Å². The molecule has 2 unspecified atom stereocenters. The van der Waals surface area contributed by atoms with E-state index in [1.165, 1.54) is 0 Å². The predicted molar refractivity (Wildman–Crippen MR) is 129 cm³/mol. The van der Waals surface area contributed by atoms with Crippen LogP contribution in [0, 0.1) is 6.92 Å². The van der Waals surface area contributed by atoms with Crippen LogP contribution < -0.4 is 4.74 Å². The van der Waals surface area contributed by atoms with Gasteiger partial charge >= 0.3 is 0 Å². The Hall–Kier alpha value is -2.32. The molecule has 0 amide bonds. The molecule has 0 aliphatic carbocycles. The number of halogens is 1. The topological polar surface area (TPSA) is 80.0 Å². The summed E-state index contributed by atoms with van der Waals surface area (Å²) in [5, 5.41) is 11.3. The van der Waals surface area contributed by atoms with Crippen molar-refractivity contribution < 1.29 is 22.7 Å². The van der Waals surface area contributed by atoms with Crippen molar-refractivity contribution in [1.29, 1.82) is 0 Å². The third-order valence-electron chi connectivity index (χ3n) is 5.73. The summed E-state index contributed by atoms with van der Waals surface area (Å²) in [5.41, 5.74) is 1.95. The summed E-state index contributed by atoms with van der Waals surface area (Å²) in [6.45, 7) is 2.76. The fourth-order valence-corrected chi connectivity index (χ4v) is 6.04. The average molecular weight is 490 g/mol. The number of furan rings is 1. The number of rotatable bonds is 9. The molecule has 33 heavy (non-hydrogen) atoms. The second-order valence-corrected chi connectivity index (χ2v) is 11.2. The molecule has 1 aromatic heterocycles. The summed E-state index contributed by atoms with van der Waals surface area (Å²) in [6, 6.07) is 18.6. The summed E-state index contributed by atoms with van der Waals surface area (Å²) in [7, 11) is -3.07. The van der Waals surface area contributed by atoms with Gasteiger partial charge in [0.25, 0.3) is 0 Å². The van der Waals surface area contributed by atoms with Crippen LogP contribution in [0.15, 0.2) is 65.1 Å². The first-order chi connectivity index (χ1) is 15.8. The molecule has 1 N–H and O–H groups in total. The minimum atomic E-state index is -3.07. The molecular formula is C25H28ClNO5S. The van der Waals surface area contributed by atoms with Crippen LogP contribution in [0.25, 0.3) is 11.3 Å². The Balaban J connectivity index is 1.45. The number of aryl methyl sites for hydroxylation is 1. The van der Waals surface area contributed by atoms with Crippen LogP contribution in [0.1, 0.15) is 17.7 Å². The fourth-order valence-electron chi connectivity index (χ4n) is 4.09. The number of hydrogen-bond donors (Lipinski definition) is 1. The molecule has 4 rings (SSSR count). The van der Waals surface area contributed by atoms with Crippen LogP contribution in [0.4, 0.5) is 0 Å². The van der Waals surface area contributed by atoms with Crippen LogP contribution in [0.5, 0.6) is 5.75 Å². The van der Waals surface area contributed by atoms with E-state index in [9.17, 15) is 13.5 Å². The normalized spacial score (nSPS) is 18.5. The van der Waals surface area contributed by atoms with Gasteiger partial charge in [0.15, 0.2) is 9.84 Å². The van der Waals surface area contributed by atoms with E-state index < -0.39 is 15.9 Å². The molecule has 0 saturated carbocycles. The maximum absolute atomic E-state index is 12.1. The van der Waals surface area contributed by atoms with Crippen molar-refractivity contribution >= 4 is 21.4 Å². The Bertz CT molecular complexity index is 1190. The lowest BCUT2D eigenvalue weighted by Gasteiger charge is -2.29. The second kappa shape index (κ2) is 10.3. The van der Waals surface area contributed by atoms with E-state index in [1.54, 1.807) is 6.07 Å². The van der Waals surface area contributed by atoms with E-state index in [4.69, 9.17) is 20.8 Å². The maximum Gasteiger partial charge on any atom is 0.151 e. The molecule has 0 spiro atoms. The molecule has 3 aromatic rings. The van der Waals surface area contributed by atoms with Gasteiger partial charge in [-0.05, 0) is 55.3 Å². The van der Waals surface area contributed by atoms with Crippen LogP contribution in [-0.2, 0) is 16.4 Å². The van der Waals surface area contributed by atoms with Gasteiger partial charge in [0, 0.05) is 23.2 Å². The van der Waals surface area contributed by atoms with Crippen molar-refractivity contribution in [2.24, 2.45) is 0 Å². The summed E-state index contributed by atoms with van der Waals surface area (Å²) in [5.74, 6) is 2.33. The van der Waals surface area contributed by atoms with Crippen molar-refractivity contribution in [2.45, 2.75) is 32.0 Å². The lowest BCUT2D eigenvalue weighted by molar-refractivity contribution is 0.0498. The largest absolute Gasteiger partial charge is 0.491 e. The van der Waals surface area contributed by atoms with E-state index in [-0.39, 0.29) is 30.7 Å². The number of hydrogen-bond acceptors (Lipinski definition) is 6. The van der Waals surface area contributed by atoms with Gasteiger partial charge in [0.05, 0.1) is 18.1 Å². The molecule has 0 bridgehead atoms. The highest BCUT2D eigenvalue weighted by Gasteiger charge is 2.33. The molecule has 0 radical (unpaired) electrons. The Morgan fingerprint density at radius 2 is 2.00 bits per heavy atom. The Kier molecular flexibility index (Phi) is 7.44. The van der Waals surface area contributed by atoms with Gasteiger partial charge in [-0.3, -0.25) is 4.90 Å². The zero-order valence-corrected chi connectivity index (χ0v) is 20.1. The quantitative estimate of drug-likeness (QED) is 0.481. The molecule has 2 atom stereocenters. The standard InChI is InChI=1S/C25H28ClNO5S/c1-18-4-2-7-23(12-18)31-16-22(28)14-27(21-10-11-33(29,30)17-21)15-24-8-9-25(32-24)19-5-3-6-20(26)13-19/h2-9,12-13,21-22,28H,10-11,14-17H2,1H3. The first-order valence-electron chi connectivity index (χ1n) is 10.9. The number of nitrogens with zero attached hydrogens (tertiary/aromatic N) is 1. The van der Waals surface area contributed by atoms with Crippen LogP contribution in [0.3, 0.4) is 0 Å². The molecule has 6 nitrogen and oxygen atoms in total. The zero-order chi connectivity index (χ0) is 23.4. The molecular weight excluding hydrogens is 462 g/mol. The molecule has 2 aromatic carbocycles. The molecule has 8 heteroatoms. The average Bonchev–Trinajstić information content (AvgIpc) is 3.38. The SMILES string of the molecule is Cc1cccc(OCC(O)CN(Cc2ccc(-c3cccc(Cl)c3)o2)C2CCS(=O)(=O)C2)c1. The molecule has 1 saturated heterocycles. The van der Waals surface area contributed by atoms with Crippen LogP contribution in [-0.4, -0.2) is 55.2 Å². The molecule has 1 aliphatic rings. The minimum Gasteiger partial charge on any atom is -0.491 e. The van der Waals surface area contributed by atoms with Crippen molar-refractivity contribution in [3.63, 3.8) is 0 Å². The van der Waals surface area contributed by atoms with E-state index in [2.05, 4.69) is 0 Å². The van der Waals surface area contributed by atoms with E-state index >= 15 is 0 Å². The van der Waals surface area contributed by atoms with Gasteiger partial charge in [-0.25, -0.2) is 8.42 Å². The maximum atomic E-state index is 12.1. The monoisotopic (exact) mass is 489 g/mol. The Morgan fingerprint density at radius 1 is 1.18 bits per heavy atom. The molecule has 1 fully saturated rings. The number of benzene rings is 2. The van der Waals surface area contributed by atoms with Gasteiger partial charge in [-0.2, -0.15) is 0 Å². The molecule has 1 aliphatic heterocycles. The Morgan fingerprint density at radius 3 is 2.73 bits per heavy atom. The predicted octanol–water partition coefficient (Wildman–Crippen LogP) is 4.34. The number of aliphatic hydroxyl groups excluding tert-OH is 1. The lowest BCUT2D eigenvalue weighted by atomic mass is 10.2. The van der Waals surface area contributed by atoms with Crippen LogP contribution in [0.2, 0.25) is 5.02 Å². The van der Waals surface area contributed by atoms with Gasteiger partial charge < -0.3 is 14.3 Å². The summed E-state index contributed by atoms with van der Waals surface area (Å²) in [6.07, 6.45) is -0.244. The van der Waals surface area contributed by atoms with E-state index in [0.717, 1.165) is 11.1 Å². The number of sulfone groups is 1. The van der Waals surface area contributed by atoms with E-state index in [0.29, 0.717) is 35.3 Å². The van der Waals surface area contributed by atoms with Crippen molar-refractivity contribution in [3.05, 3.63) is 77.0 Å². The third-order valence-corrected chi connectivity index (χ3v) is 7.72. The van der Waals surface area contributed by atoms with Crippen molar-refractivity contribution in [1.82, 2.24) is 4.90 Å².